The van der Waals surface area contributed by atoms with Crippen LogP contribution < -0.4 is 20.0 Å². The summed E-state index contributed by atoms with van der Waals surface area (Å²) in [5.74, 6) is 0.287. The fourth-order valence-electron chi connectivity index (χ4n) is 3.20. The summed E-state index contributed by atoms with van der Waals surface area (Å²) in [5.41, 5.74) is 7.77. The maximum atomic E-state index is 10.8. The van der Waals surface area contributed by atoms with E-state index in [4.69, 9.17) is 9.47 Å². The van der Waals surface area contributed by atoms with Crippen LogP contribution in [0.5, 0.6) is 11.5 Å². The highest BCUT2D eigenvalue weighted by Crippen LogP contribution is 2.34. The first-order valence-electron chi connectivity index (χ1n) is 8.72. The van der Waals surface area contributed by atoms with Gasteiger partial charge in [0.2, 0.25) is 6.79 Å². The Labute approximate surface area is 161 Å². The second-order valence-electron chi connectivity index (χ2n) is 6.43. The highest BCUT2D eigenvalue weighted by atomic mass is 16.7. The molecule has 2 heterocycles. The van der Waals surface area contributed by atoms with Crippen molar-refractivity contribution >= 4 is 17.9 Å². The third-order valence-electron chi connectivity index (χ3n) is 4.60. The Morgan fingerprint density at radius 1 is 1.11 bits per heavy atom. The molecule has 1 aromatic heterocycles. The minimum absolute atomic E-state index is 0.127. The topological polar surface area (TPSA) is 87.9 Å². The summed E-state index contributed by atoms with van der Waals surface area (Å²) in [6.07, 6.45) is 1.73. The Morgan fingerprint density at radius 3 is 2.61 bits per heavy atom. The second kappa shape index (κ2) is 7.11. The molecule has 1 aliphatic heterocycles. The van der Waals surface area contributed by atoms with Crippen molar-refractivity contribution in [3.63, 3.8) is 0 Å². The SMILES string of the molecule is Cc1cc(/C=N\Nc2ccc(C(=O)[O-])cc2)c(C)n1-c1ccc2c(c1)OCO2. The number of anilines is 1. The first-order chi connectivity index (χ1) is 13.5. The summed E-state index contributed by atoms with van der Waals surface area (Å²) in [5, 5.41) is 15.0. The molecule has 0 atom stereocenters. The number of rotatable bonds is 5. The molecule has 2 aromatic carbocycles. The summed E-state index contributed by atoms with van der Waals surface area (Å²) in [6, 6.07) is 14.1. The van der Waals surface area contributed by atoms with Crippen LogP contribution in [0, 0.1) is 13.8 Å². The monoisotopic (exact) mass is 376 g/mol. The van der Waals surface area contributed by atoms with E-state index >= 15 is 0 Å². The number of aromatic nitrogens is 1. The Kier molecular flexibility index (Phi) is 4.49. The molecule has 0 amide bonds. The van der Waals surface area contributed by atoms with Crippen LogP contribution in [0.4, 0.5) is 5.69 Å². The standard InChI is InChI=1S/C21H19N3O4/c1-13-9-16(11-22-23-17-5-3-15(4-6-17)21(25)26)14(2)24(13)18-7-8-19-20(10-18)28-12-27-19/h3-11,23H,12H2,1-2H3,(H,25,26)/p-1/b22-11-. The van der Waals surface area contributed by atoms with E-state index in [2.05, 4.69) is 15.1 Å². The van der Waals surface area contributed by atoms with Crippen molar-refractivity contribution < 1.29 is 19.4 Å². The van der Waals surface area contributed by atoms with Crippen LogP contribution in [-0.2, 0) is 0 Å². The van der Waals surface area contributed by atoms with Gasteiger partial charge >= 0.3 is 0 Å². The molecule has 0 aliphatic carbocycles. The predicted molar refractivity (Wildman–Crippen MR) is 103 cm³/mol. The van der Waals surface area contributed by atoms with Gasteiger partial charge in [-0.15, -0.1) is 0 Å². The van der Waals surface area contributed by atoms with E-state index in [9.17, 15) is 9.90 Å². The molecule has 3 aromatic rings. The number of hydrogen-bond acceptors (Lipinski definition) is 6. The molecule has 1 N–H and O–H groups in total. The molecule has 7 heteroatoms. The highest BCUT2D eigenvalue weighted by Gasteiger charge is 2.16. The normalized spacial score (nSPS) is 12.5. The molecule has 0 radical (unpaired) electrons. The van der Waals surface area contributed by atoms with E-state index in [1.54, 1.807) is 18.3 Å². The third-order valence-corrected chi connectivity index (χ3v) is 4.60. The molecule has 0 saturated carbocycles. The van der Waals surface area contributed by atoms with E-state index in [0.717, 1.165) is 34.1 Å². The van der Waals surface area contributed by atoms with Gasteiger partial charge in [-0.2, -0.15) is 5.10 Å². The smallest absolute Gasteiger partial charge is 0.231 e. The number of nitrogens with zero attached hydrogens (tertiary/aromatic N) is 2. The van der Waals surface area contributed by atoms with E-state index in [-0.39, 0.29) is 12.4 Å². The molecule has 142 valence electrons. The number of hydrazone groups is 1. The van der Waals surface area contributed by atoms with Crippen molar-refractivity contribution in [1.29, 1.82) is 0 Å². The lowest BCUT2D eigenvalue weighted by Gasteiger charge is -2.10. The van der Waals surface area contributed by atoms with E-state index in [1.165, 1.54) is 12.1 Å². The van der Waals surface area contributed by atoms with Crippen molar-refractivity contribution in [3.8, 4) is 17.2 Å². The minimum atomic E-state index is -1.20. The molecule has 0 unspecified atom stereocenters. The molecular formula is C21H18N3O4-. The average Bonchev–Trinajstić information content (AvgIpc) is 3.26. The first-order valence-corrected chi connectivity index (χ1v) is 8.72. The summed E-state index contributed by atoms with van der Waals surface area (Å²) in [6.45, 7) is 4.30. The zero-order valence-electron chi connectivity index (χ0n) is 15.4. The molecule has 0 saturated heterocycles. The van der Waals surface area contributed by atoms with E-state index in [0.29, 0.717) is 5.69 Å². The quantitative estimate of drug-likeness (QED) is 0.546. The molecule has 7 nitrogen and oxygen atoms in total. The summed E-state index contributed by atoms with van der Waals surface area (Å²) in [7, 11) is 0. The Balaban J connectivity index is 1.54. The van der Waals surface area contributed by atoms with Crippen LogP contribution in [0.1, 0.15) is 27.3 Å². The number of nitrogens with one attached hydrogen (secondary N) is 1. The van der Waals surface area contributed by atoms with Gasteiger partial charge < -0.3 is 23.9 Å². The maximum absolute atomic E-state index is 10.8. The van der Waals surface area contributed by atoms with Crippen molar-refractivity contribution in [2.24, 2.45) is 5.10 Å². The summed E-state index contributed by atoms with van der Waals surface area (Å²) >= 11 is 0. The predicted octanol–water partition coefficient (Wildman–Crippen LogP) is 2.63. The second-order valence-corrected chi connectivity index (χ2v) is 6.43. The number of hydrogen-bond donors (Lipinski definition) is 1. The van der Waals surface area contributed by atoms with Crippen LogP contribution in [-0.4, -0.2) is 23.5 Å². The number of carbonyl (C=O) groups is 1. The van der Waals surface area contributed by atoms with Gasteiger partial charge in [-0.25, -0.2) is 0 Å². The van der Waals surface area contributed by atoms with E-state index < -0.39 is 5.97 Å². The van der Waals surface area contributed by atoms with Crippen molar-refractivity contribution in [1.82, 2.24) is 4.57 Å². The van der Waals surface area contributed by atoms with Gasteiger partial charge in [-0.3, -0.25) is 5.43 Å². The zero-order chi connectivity index (χ0) is 19.7. The van der Waals surface area contributed by atoms with Crippen LogP contribution in [0.25, 0.3) is 5.69 Å². The zero-order valence-corrected chi connectivity index (χ0v) is 15.4. The van der Waals surface area contributed by atoms with Crippen LogP contribution in [0.2, 0.25) is 0 Å². The first kappa shape index (κ1) is 17.7. The van der Waals surface area contributed by atoms with Crippen LogP contribution >= 0.6 is 0 Å². The van der Waals surface area contributed by atoms with Gasteiger partial charge in [-0.1, -0.05) is 12.1 Å². The van der Waals surface area contributed by atoms with Gasteiger partial charge in [0.05, 0.1) is 17.9 Å². The molecule has 0 bridgehead atoms. The number of carbonyl (C=O) groups excluding carboxylic acids is 1. The molecule has 0 spiro atoms. The molecule has 1 aliphatic rings. The molecule has 28 heavy (non-hydrogen) atoms. The number of aryl methyl sites for hydroxylation is 1. The Hall–Kier alpha value is -3.74. The molecule has 0 fully saturated rings. The lowest BCUT2D eigenvalue weighted by molar-refractivity contribution is -0.255. The number of carboxylic acids is 1. The third kappa shape index (κ3) is 3.29. The van der Waals surface area contributed by atoms with Gasteiger partial charge in [0.25, 0.3) is 0 Å². The van der Waals surface area contributed by atoms with Crippen LogP contribution in [0.15, 0.2) is 53.6 Å². The number of carboxylic acid groups (broad SMARTS) is 1. The summed E-state index contributed by atoms with van der Waals surface area (Å²) in [4.78, 5) is 10.8. The average molecular weight is 376 g/mol. The summed E-state index contributed by atoms with van der Waals surface area (Å²) < 4.78 is 13.0. The molecule has 4 rings (SSSR count). The number of aromatic carboxylic acids is 1. The number of benzene rings is 2. The van der Waals surface area contributed by atoms with Gasteiger partial charge in [0.1, 0.15) is 0 Å². The lowest BCUT2D eigenvalue weighted by atomic mass is 10.2. The molecular weight excluding hydrogens is 358 g/mol. The van der Waals surface area contributed by atoms with Crippen LogP contribution in [0.3, 0.4) is 0 Å². The van der Waals surface area contributed by atoms with Crippen molar-refractivity contribution in [2.75, 3.05) is 12.2 Å². The lowest BCUT2D eigenvalue weighted by Crippen LogP contribution is -2.21. The largest absolute Gasteiger partial charge is 0.545 e. The van der Waals surface area contributed by atoms with Gasteiger partial charge in [0.15, 0.2) is 11.5 Å². The maximum Gasteiger partial charge on any atom is 0.231 e. The fourth-order valence-corrected chi connectivity index (χ4v) is 3.20. The highest BCUT2D eigenvalue weighted by molar-refractivity contribution is 5.86. The van der Waals surface area contributed by atoms with Crippen molar-refractivity contribution in [3.05, 3.63) is 71.0 Å². The van der Waals surface area contributed by atoms with Gasteiger partial charge in [-0.05, 0) is 49.7 Å². The van der Waals surface area contributed by atoms with Crippen molar-refractivity contribution in [2.45, 2.75) is 13.8 Å². The van der Waals surface area contributed by atoms with Gasteiger partial charge in [0, 0.05) is 28.7 Å². The Morgan fingerprint density at radius 2 is 1.86 bits per heavy atom. The number of ether oxygens (including phenoxy) is 2. The van der Waals surface area contributed by atoms with E-state index in [1.807, 2.05) is 38.1 Å². The Bertz CT molecular complexity index is 1070. The minimum Gasteiger partial charge on any atom is -0.545 e. The number of fused-ring (bicyclic) bond motifs is 1. The fraction of sp³-hybridized carbons (Fsp3) is 0.143.